The third kappa shape index (κ3) is 6.69. The van der Waals surface area contributed by atoms with Gasteiger partial charge in [0.05, 0.1) is 13.0 Å². The Bertz CT molecular complexity index is 1020. The molecule has 0 unspecified atom stereocenters. The third-order valence-electron chi connectivity index (χ3n) is 5.69. The van der Waals surface area contributed by atoms with E-state index in [4.69, 9.17) is 14.2 Å². The van der Waals surface area contributed by atoms with Crippen LogP contribution in [0.5, 0.6) is 11.5 Å². The van der Waals surface area contributed by atoms with E-state index in [1.165, 1.54) is 48.5 Å². The average Bonchev–Trinajstić information content (AvgIpc) is 2.85. The zero-order chi connectivity index (χ0) is 26.5. The quantitative estimate of drug-likeness (QED) is 0.194. The number of carbonyl (C=O) groups excluding carboxylic acids is 1. The van der Waals surface area contributed by atoms with Crippen molar-refractivity contribution in [3.05, 3.63) is 59.7 Å². The standard InChI is InChI=1S/C24H28O12/c25-11-17-19(28)20(29)21(30)22(36-17)35-16-7-3-14(4-8-16)12-34-18(27)10-24(33,23(31)32)9-13-1-5-15(26)6-2-13/h1-8,17,19-22,25-26,28-30,33H,9-12H2,(H,31,32)/t17-,19-,20+,21-,22-,24+/m1/s1. The second kappa shape index (κ2) is 11.6. The van der Waals surface area contributed by atoms with Gasteiger partial charge in [-0.2, -0.15) is 0 Å². The van der Waals surface area contributed by atoms with E-state index in [9.17, 15) is 45.3 Å². The summed E-state index contributed by atoms with van der Waals surface area (Å²) in [4.78, 5) is 23.9. The van der Waals surface area contributed by atoms with Gasteiger partial charge in [0.15, 0.2) is 5.60 Å². The van der Waals surface area contributed by atoms with E-state index < -0.39 is 61.3 Å². The Hall–Kier alpha value is -3.26. The van der Waals surface area contributed by atoms with Gasteiger partial charge in [-0.3, -0.25) is 4.79 Å². The highest BCUT2D eigenvalue weighted by molar-refractivity contribution is 5.84. The number of aliphatic hydroxyl groups excluding tert-OH is 4. The number of aromatic hydroxyl groups is 1. The third-order valence-corrected chi connectivity index (χ3v) is 5.69. The van der Waals surface area contributed by atoms with Crippen molar-refractivity contribution in [2.24, 2.45) is 0 Å². The summed E-state index contributed by atoms with van der Waals surface area (Å²) in [5.41, 5.74) is -1.50. The summed E-state index contributed by atoms with van der Waals surface area (Å²) in [5.74, 6) is -2.35. The highest BCUT2D eigenvalue weighted by Crippen LogP contribution is 2.25. The van der Waals surface area contributed by atoms with Crippen LogP contribution < -0.4 is 4.74 Å². The number of hydrogen-bond donors (Lipinski definition) is 7. The number of carboxylic acids is 1. The Labute approximate surface area is 205 Å². The first kappa shape index (κ1) is 27.3. The van der Waals surface area contributed by atoms with Crippen molar-refractivity contribution in [1.29, 1.82) is 0 Å². The van der Waals surface area contributed by atoms with E-state index in [1.807, 2.05) is 0 Å². The largest absolute Gasteiger partial charge is 0.508 e. The molecule has 1 heterocycles. The van der Waals surface area contributed by atoms with E-state index in [-0.39, 0.29) is 24.5 Å². The molecule has 0 spiro atoms. The highest BCUT2D eigenvalue weighted by Gasteiger charge is 2.44. The molecule has 2 aromatic carbocycles. The van der Waals surface area contributed by atoms with Crippen LogP contribution in [0.15, 0.2) is 48.5 Å². The van der Waals surface area contributed by atoms with E-state index in [2.05, 4.69) is 0 Å². The van der Waals surface area contributed by atoms with Crippen LogP contribution in [0.3, 0.4) is 0 Å². The lowest BCUT2D eigenvalue weighted by Gasteiger charge is -2.39. The summed E-state index contributed by atoms with van der Waals surface area (Å²) in [6, 6.07) is 11.5. The molecular formula is C24H28O12. The maximum absolute atomic E-state index is 12.2. The maximum atomic E-state index is 12.2. The number of carboxylic acid groups (broad SMARTS) is 1. The van der Waals surface area contributed by atoms with Crippen molar-refractivity contribution in [1.82, 2.24) is 0 Å². The SMILES string of the molecule is O=C(C[C@@](O)(Cc1ccc(O)cc1)C(=O)O)OCc1ccc(O[C@@H]2O[C@H](CO)[C@@H](O)[C@H](O)[C@H]2O)cc1. The first-order valence-corrected chi connectivity index (χ1v) is 11.0. The predicted octanol–water partition coefficient (Wildman–Crippen LogP) is -0.937. The smallest absolute Gasteiger partial charge is 0.336 e. The van der Waals surface area contributed by atoms with Crippen LogP contribution in [-0.4, -0.2) is 90.6 Å². The van der Waals surface area contributed by atoms with Crippen molar-refractivity contribution in [2.45, 2.75) is 55.8 Å². The molecule has 196 valence electrons. The number of benzene rings is 2. The van der Waals surface area contributed by atoms with Crippen LogP contribution in [0.2, 0.25) is 0 Å². The van der Waals surface area contributed by atoms with Crippen molar-refractivity contribution in [3.8, 4) is 11.5 Å². The fourth-order valence-electron chi connectivity index (χ4n) is 3.58. The molecule has 0 bridgehead atoms. The van der Waals surface area contributed by atoms with Gasteiger partial charge in [-0.05, 0) is 35.4 Å². The molecule has 0 aliphatic carbocycles. The normalized spacial score (nSPS) is 25.5. The molecule has 7 N–H and O–H groups in total. The second-order valence-corrected chi connectivity index (χ2v) is 8.48. The number of rotatable bonds is 10. The number of hydrogen-bond acceptors (Lipinski definition) is 11. The molecule has 2 aromatic rings. The lowest BCUT2D eigenvalue weighted by Crippen LogP contribution is -2.60. The summed E-state index contributed by atoms with van der Waals surface area (Å²) in [6.07, 6.45) is -8.32. The molecular weight excluding hydrogens is 480 g/mol. The van der Waals surface area contributed by atoms with E-state index in [0.29, 0.717) is 11.1 Å². The van der Waals surface area contributed by atoms with E-state index in [1.54, 1.807) is 0 Å². The molecule has 1 saturated heterocycles. The van der Waals surface area contributed by atoms with Gasteiger partial charge in [0, 0.05) is 6.42 Å². The Morgan fingerprint density at radius 1 is 0.917 bits per heavy atom. The maximum Gasteiger partial charge on any atom is 0.336 e. The van der Waals surface area contributed by atoms with Crippen LogP contribution in [0.4, 0.5) is 0 Å². The molecule has 0 aromatic heterocycles. The van der Waals surface area contributed by atoms with Crippen molar-refractivity contribution in [3.63, 3.8) is 0 Å². The average molecular weight is 508 g/mol. The number of carbonyl (C=O) groups is 2. The topological polar surface area (TPSA) is 203 Å². The monoisotopic (exact) mass is 508 g/mol. The Morgan fingerprint density at radius 3 is 2.11 bits per heavy atom. The van der Waals surface area contributed by atoms with Crippen LogP contribution in [0.25, 0.3) is 0 Å². The van der Waals surface area contributed by atoms with Crippen LogP contribution in [-0.2, 0) is 32.1 Å². The number of esters is 1. The van der Waals surface area contributed by atoms with Gasteiger partial charge in [0.25, 0.3) is 0 Å². The fraction of sp³-hybridized carbons (Fsp3) is 0.417. The first-order valence-electron chi connectivity index (χ1n) is 11.0. The van der Waals surface area contributed by atoms with Crippen LogP contribution >= 0.6 is 0 Å². The predicted molar refractivity (Wildman–Crippen MR) is 120 cm³/mol. The number of phenolic OH excluding ortho intramolecular Hbond substituents is 1. The van der Waals surface area contributed by atoms with Crippen molar-refractivity contribution < 1.29 is 59.5 Å². The Morgan fingerprint density at radius 2 is 1.53 bits per heavy atom. The molecule has 0 radical (unpaired) electrons. The Kier molecular flexibility index (Phi) is 8.84. The molecule has 6 atom stereocenters. The molecule has 0 saturated carbocycles. The van der Waals surface area contributed by atoms with Crippen molar-refractivity contribution >= 4 is 11.9 Å². The minimum Gasteiger partial charge on any atom is -0.508 e. The lowest BCUT2D eigenvalue weighted by molar-refractivity contribution is -0.277. The van der Waals surface area contributed by atoms with Crippen LogP contribution in [0.1, 0.15) is 17.5 Å². The van der Waals surface area contributed by atoms with E-state index in [0.717, 1.165) is 0 Å². The lowest BCUT2D eigenvalue weighted by atomic mass is 9.91. The fourth-order valence-corrected chi connectivity index (χ4v) is 3.58. The molecule has 1 aliphatic rings. The van der Waals surface area contributed by atoms with E-state index >= 15 is 0 Å². The number of ether oxygens (including phenoxy) is 3. The van der Waals surface area contributed by atoms with Crippen LogP contribution in [0, 0.1) is 0 Å². The van der Waals surface area contributed by atoms with Gasteiger partial charge in [0.2, 0.25) is 6.29 Å². The molecule has 1 fully saturated rings. The first-order chi connectivity index (χ1) is 17.0. The molecule has 1 aliphatic heterocycles. The highest BCUT2D eigenvalue weighted by atomic mass is 16.7. The molecule has 3 rings (SSSR count). The summed E-state index contributed by atoms with van der Waals surface area (Å²) in [6.45, 7) is -0.824. The molecule has 12 heteroatoms. The van der Waals surface area contributed by atoms with Gasteiger partial charge in [0.1, 0.15) is 42.5 Å². The van der Waals surface area contributed by atoms with Crippen molar-refractivity contribution in [2.75, 3.05) is 6.61 Å². The number of aliphatic hydroxyl groups is 5. The zero-order valence-electron chi connectivity index (χ0n) is 19.0. The summed E-state index contributed by atoms with van der Waals surface area (Å²) >= 11 is 0. The number of aliphatic carboxylic acids is 1. The minimum atomic E-state index is -2.41. The van der Waals surface area contributed by atoms with Gasteiger partial charge < -0.3 is 50.0 Å². The molecule has 36 heavy (non-hydrogen) atoms. The summed E-state index contributed by atoms with van der Waals surface area (Å²) in [7, 11) is 0. The van der Waals surface area contributed by atoms with Gasteiger partial charge >= 0.3 is 11.9 Å². The second-order valence-electron chi connectivity index (χ2n) is 8.48. The zero-order valence-corrected chi connectivity index (χ0v) is 19.0. The summed E-state index contributed by atoms with van der Waals surface area (Å²) < 4.78 is 15.8. The Balaban J connectivity index is 1.54. The molecule has 12 nitrogen and oxygen atoms in total. The summed E-state index contributed by atoms with van der Waals surface area (Å²) in [5, 5.41) is 68.2. The minimum absolute atomic E-state index is 0.0263. The molecule has 0 amide bonds. The van der Waals surface area contributed by atoms with Gasteiger partial charge in [-0.15, -0.1) is 0 Å². The van der Waals surface area contributed by atoms with Gasteiger partial charge in [-0.25, -0.2) is 4.79 Å². The number of phenols is 1. The van der Waals surface area contributed by atoms with Gasteiger partial charge in [-0.1, -0.05) is 24.3 Å².